The summed E-state index contributed by atoms with van der Waals surface area (Å²) < 4.78 is 5.06. The Morgan fingerprint density at radius 3 is 2.31 bits per heavy atom. The first kappa shape index (κ1) is 12.5. The van der Waals surface area contributed by atoms with Gasteiger partial charge in [-0.3, -0.25) is 4.79 Å². The van der Waals surface area contributed by atoms with Gasteiger partial charge in [-0.15, -0.1) is 0 Å². The largest absolute Gasteiger partial charge is 0.497 e. The first-order chi connectivity index (χ1) is 7.54. The van der Waals surface area contributed by atoms with Gasteiger partial charge < -0.3 is 15.8 Å². The molecule has 88 valence electrons. The minimum atomic E-state index is -0.485. The van der Waals surface area contributed by atoms with Gasteiger partial charge in [0.15, 0.2) is 0 Å². The van der Waals surface area contributed by atoms with Crippen LogP contribution in [0.1, 0.15) is 25.5 Å². The summed E-state index contributed by atoms with van der Waals surface area (Å²) in [5, 5.41) is 2.83. The molecule has 0 saturated carbocycles. The Balaban J connectivity index is 2.65. The van der Waals surface area contributed by atoms with Gasteiger partial charge in [-0.25, -0.2) is 0 Å². The molecule has 1 aromatic carbocycles. The highest BCUT2D eigenvalue weighted by atomic mass is 16.5. The van der Waals surface area contributed by atoms with Crippen LogP contribution in [0.3, 0.4) is 0 Å². The number of hydrogen-bond donors (Lipinski definition) is 2. The van der Waals surface area contributed by atoms with Crippen molar-refractivity contribution in [2.24, 2.45) is 5.73 Å². The Morgan fingerprint density at radius 2 is 1.88 bits per heavy atom. The third kappa shape index (κ3) is 3.24. The lowest BCUT2D eigenvalue weighted by molar-refractivity contribution is -0.122. The lowest BCUT2D eigenvalue weighted by Gasteiger charge is -2.16. The third-order valence-corrected chi connectivity index (χ3v) is 2.39. The van der Waals surface area contributed by atoms with E-state index in [9.17, 15) is 4.79 Å². The molecule has 0 radical (unpaired) electrons. The minimum Gasteiger partial charge on any atom is -0.497 e. The zero-order chi connectivity index (χ0) is 12.1. The van der Waals surface area contributed by atoms with Gasteiger partial charge >= 0.3 is 0 Å². The summed E-state index contributed by atoms with van der Waals surface area (Å²) >= 11 is 0. The van der Waals surface area contributed by atoms with Gasteiger partial charge in [-0.05, 0) is 31.5 Å². The molecule has 1 amide bonds. The third-order valence-electron chi connectivity index (χ3n) is 2.39. The van der Waals surface area contributed by atoms with Crippen LogP contribution in [0.2, 0.25) is 0 Å². The molecule has 4 nitrogen and oxygen atoms in total. The Bertz CT molecular complexity index is 347. The van der Waals surface area contributed by atoms with Crippen molar-refractivity contribution in [3.05, 3.63) is 29.8 Å². The highest BCUT2D eigenvalue weighted by Crippen LogP contribution is 2.17. The summed E-state index contributed by atoms with van der Waals surface area (Å²) in [4.78, 5) is 11.4. The summed E-state index contributed by atoms with van der Waals surface area (Å²) in [6.45, 7) is 3.58. The van der Waals surface area contributed by atoms with E-state index in [-0.39, 0.29) is 11.9 Å². The second-order valence-corrected chi connectivity index (χ2v) is 3.79. The van der Waals surface area contributed by atoms with Crippen molar-refractivity contribution >= 4 is 5.91 Å². The van der Waals surface area contributed by atoms with Gasteiger partial charge in [-0.2, -0.15) is 0 Å². The molecule has 0 heterocycles. The fraction of sp³-hybridized carbons (Fsp3) is 0.417. The number of benzene rings is 1. The van der Waals surface area contributed by atoms with Crippen molar-refractivity contribution in [2.75, 3.05) is 7.11 Å². The second kappa shape index (κ2) is 5.51. The van der Waals surface area contributed by atoms with Gasteiger partial charge in [0, 0.05) is 0 Å². The molecule has 0 aliphatic carbocycles. The maximum atomic E-state index is 11.4. The zero-order valence-electron chi connectivity index (χ0n) is 9.86. The molecule has 0 aromatic heterocycles. The first-order valence-corrected chi connectivity index (χ1v) is 5.24. The molecule has 2 atom stereocenters. The SMILES string of the molecule is COc1ccc([C@H](C)NC(=O)[C@@H](C)N)cc1. The van der Waals surface area contributed by atoms with E-state index in [0.29, 0.717) is 0 Å². The molecule has 0 aliphatic rings. The summed E-state index contributed by atoms with van der Waals surface area (Å²) in [6, 6.07) is 7.04. The van der Waals surface area contributed by atoms with Crippen molar-refractivity contribution in [3.8, 4) is 5.75 Å². The van der Waals surface area contributed by atoms with Gasteiger partial charge in [-0.1, -0.05) is 12.1 Å². The summed E-state index contributed by atoms with van der Waals surface area (Å²) in [7, 11) is 1.62. The van der Waals surface area contributed by atoms with Gasteiger partial charge in [0.1, 0.15) is 5.75 Å². The molecule has 16 heavy (non-hydrogen) atoms. The molecule has 4 heteroatoms. The van der Waals surface area contributed by atoms with E-state index in [1.807, 2.05) is 31.2 Å². The number of amides is 1. The highest BCUT2D eigenvalue weighted by Gasteiger charge is 2.12. The maximum Gasteiger partial charge on any atom is 0.237 e. The predicted molar refractivity (Wildman–Crippen MR) is 63.2 cm³/mol. The Kier molecular flexibility index (Phi) is 4.31. The van der Waals surface area contributed by atoms with Crippen molar-refractivity contribution in [1.29, 1.82) is 0 Å². The van der Waals surface area contributed by atoms with Crippen molar-refractivity contribution < 1.29 is 9.53 Å². The van der Waals surface area contributed by atoms with E-state index < -0.39 is 6.04 Å². The fourth-order valence-electron chi connectivity index (χ4n) is 1.32. The van der Waals surface area contributed by atoms with E-state index in [4.69, 9.17) is 10.5 Å². The molecule has 0 unspecified atom stereocenters. The number of carbonyl (C=O) groups is 1. The van der Waals surface area contributed by atoms with E-state index in [1.54, 1.807) is 14.0 Å². The first-order valence-electron chi connectivity index (χ1n) is 5.24. The number of nitrogens with one attached hydrogen (secondary N) is 1. The Labute approximate surface area is 95.8 Å². The van der Waals surface area contributed by atoms with Crippen LogP contribution < -0.4 is 15.8 Å². The van der Waals surface area contributed by atoms with Gasteiger partial charge in [0.2, 0.25) is 5.91 Å². The molecule has 0 spiro atoms. The van der Waals surface area contributed by atoms with Crippen LogP contribution >= 0.6 is 0 Å². The predicted octanol–water partition coefficient (Wildman–Crippen LogP) is 1.22. The molecule has 0 saturated heterocycles. The summed E-state index contributed by atoms with van der Waals surface area (Å²) in [5.74, 6) is 0.651. The van der Waals surface area contributed by atoms with Crippen LogP contribution in [0.5, 0.6) is 5.75 Å². The molecule has 0 fully saturated rings. The van der Waals surface area contributed by atoms with Crippen LogP contribution in [0, 0.1) is 0 Å². The van der Waals surface area contributed by atoms with Crippen molar-refractivity contribution in [1.82, 2.24) is 5.32 Å². The lowest BCUT2D eigenvalue weighted by Crippen LogP contribution is -2.39. The normalized spacial score (nSPS) is 14.0. The van der Waals surface area contributed by atoms with Crippen LogP contribution in [0.25, 0.3) is 0 Å². The van der Waals surface area contributed by atoms with E-state index in [0.717, 1.165) is 11.3 Å². The fourth-order valence-corrected chi connectivity index (χ4v) is 1.32. The van der Waals surface area contributed by atoms with Crippen LogP contribution in [-0.4, -0.2) is 19.1 Å². The van der Waals surface area contributed by atoms with Crippen LogP contribution in [-0.2, 0) is 4.79 Å². The molecular formula is C12H18N2O2. The standard InChI is InChI=1S/C12H18N2O2/c1-8(13)12(15)14-9(2)10-4-6-11(16-3)7-5-10/h4-9H,13H2,1-3H3,(H,14,15)/t8-,9+/m1/s1. The Morgan fingerprint density at radius 1 is 1.31 bits per heavy atom. The average molecular weight is 222 g/mol. The number of nitrogens with two attached hydrogens (primary N) is 1. The molecule has 1 rings (SSSR count). The number of hydrogen-bond acceptors (Lipinski definition) is 3. The number of carbonyl (C=O) groups excluding carboxylic acids is 1. The van der Waals surface area contributed by atoms with Gasteiger partial charge in [0.05, 0.1) is 19.2 Å². The zero-order valence-corrected chi connectivity index (χ0v) is 9.86. The highest BCUT2D eigenvalue weighted by molar-refractivity contribution is 5.81. The number of ether oxygens (including phenoxy) is 1. The topological polar surface area (TPSA) is 64.3 Å². The van der Waals surface area contributed by atoms with E-state index >= 15 is 0 Å². The lowest BCUT2D eigenvalue weighted by atomic mass is 10.1. The van der Waals surface area contributed by atoms with E-state index in [2.05, 4.69) is 5.32 Å². The van der Waals surface area contributed by atoms with Crippen molar-refractivity contribution in [3.63, 3.8) is 0 Å². The molecule has 0 aliphatic heterocycles. The molecule has 1 aromatic rings. The second-order valence-electron chi connectivity index (χ2n) is 3.79. The quantitative estimate of drug-likeness (QED) is 0.805. The molecule has 0 bridgehead atoms. The minimum absolute atomic E-state index is 0.0515. The summed E-state index contributed by atoms with van der Waals surface area (Å²) in [6.07, 6.45) is 0. The molecule has 3 N–H and O–H groups in total. The number of rotatable bonds is 4. The smallest absolute Gasteiger partial charge is 0.237 e. The Hall–Kier alpha value is -1.55. The maximum absolute atomic E-state index is 11.4. The van der Waals surface area contributed by atoms with Crippen molar-refractivity contribution in [2.45, 2.75) is 25.9 Å². The van der Waals surface area contributed by atoms with Crippen LogP contribution in [0.4, 0.5) is 0 Å². The average Bonchev–Trinajstić information content (AvgIpc) is 2.28. The van der Waals surface area contributed by atoms with Gasteiger partial charge in [0.25, 0.3) is 0 Å². The summed E-state index contributed by atoms with van der Waals surface area (Å²) in [5.41, 5.74) is 6.50. The monoisotopic (exact) mass is 222 g/mol. The molecular weight excluding hydrogens is 204 g/mol. The van der Waals surface area contributed by atoms with E-state index in [1.165, 1.54) is 0 Å². The number of methoxy groups -OCH3 is 1. The van der Waals surface area contributed by atoms with Crippen LogP contribution in [0.15, 0.2) is 24.3 Å².